The molecule has 1 fully saturated rings. The van der Waals surface area contributed by atoms with Gasteiger partial charge in [-0.1, -0.05) is 54.1 Å². The zero-order valence-corrected chi connectivity index (χ0v) is 20.4. The first-order valence-electron chi connectivity index (χ1n) is 12.0. The van der Waals surface area contributed by atoms with Gasteiger partial charge in [0, 0.05) is 54.7 Å². The molecular formula is C29H27ClN4O. The van der Waals surface area contributed by atoms with Crippen LogP contribution in [0.5, 0.6) is 0 Å². The zero-order valence-electron chi connectivity index (χ0n) is 19.7. The van der Waals surface area contributed by atoms with Crippen molar-refractivity contribution in [1.29, 1.82) is 0 Å². The van der Waals surface area contributed by atoms with Gasteiger partial charge >= 0.3 is 0 Å². The normalized spacial score (nSPS) is 16.0. The first kappa shape index (κ1) is 22.1. The quantitative estimate of drug-likeness (QED) is 0.397. The number of aliphatic hydroxyl groups is 1. The molecule has 2 aromatic heterocycles. The number of aliphatic hydroxyl groups excluding tert-OH is 1. The number of piperazine rings is 1. The molecule has 0 radical (unpaired) electrons. The summed E-state index contributed by atoms with van der Waals surface area (Å²) in [6, 6.07) is 18.8. The van der Waals surface area contributed by atoms with Crippen molar-refractivity contribution in [2.24, 2.45) is 0 Å². The maximum Gasteiger partial charge on any atom is 0.147 e. The lowest BCUT2D eigenvalue weighted by atomic mass is 9.97. The summed E-state index contributed by atoms with van der Waals surface area (Å²) < 4.78 is 2.21. The van der Waals surface area contributed by atoms with Gasteiger partial charge in [-0.15, -0.1) is 0 Å². The monoisotopic (exact) mass is 482 g/mol. The Kier molecular flexibility index (Phi) is 5.69. The van der Waals surface area contributed by atoms with Crippen LogP contribution in [-0.2, 0) is 6.61 Å². The number of benzene rings is 2. The van der Waals surface area contributed by atoms with Crippen molar-refractivity contribution in [3.8, 4) is 22.4 Å². The third-order valence-electron chi connectivity index (χ3n) is 7.03. The van der Waals surface area contributed by atoms with Crippen LogP contribution in [0.15, 0.2) is 79.0 Å². The van der Waals surface area contributed by atoms with E-state index in [1.165, 1.54) is 5.69 Å². The average molecular weight is 483 g/mol. The molecule has 0 unspecified atom stereocenters. The molecule has 3 heterocycles. The SMILES string of the molecule is CN1CCN(c2ccc(-c3c(-c4ccc(CO)cc4)c4c(Cl)ccnc4n3C3=CC=C3)cc2)CC1. The van der Waals surface area contributed by atoms with Crippen molar-refractivity contribution in [3.05, 3.63) is 89.6 Å². The summed E-state index contributed by atoms with van der Waals surface area (Å²) in [6.45, 7) is 4.25. The number of hydrogen-bond donors (Lipinski definition) is 1. The van der Waals surface area contributed by atoms with E-state index in [1.807, 2.05) is 24.3 Å². The summed E-state index contributed by atoms with van der Waals surface area (Å²) in [4.78, 5) is 9.58. The number of allylic oxidation sites excluding steroid dienone is 4. The number of anilines is 1. The first-order valence-corrected chi connectivity index (χ1v) is 12.3. The molecule has 5 nitrogen and oxygen atoms in total. The molecule has 0 spiro atoms. The summed E-state index contributed by atoms with van der Waals surface area (Å²) in [7, 11) is 2.18. The lowest BCUT2D eigenvalue weighted by molar-refractivity contribution is 0.282. The van der Waals surface area contributed by atoms with E-state index in [4.69, 9.17) is 16.6 Å². The van der Waals surface area contributed by atoms with Crippen molar-refractivity contribution in [1.82, 2.24) is 14.5 Å². The molecular weight excluding hydrogens is 456 g/mol. The topological polar surface area (TPSA) is 44.5 Å². The molecule has 35 heavy (non-hydrogen) atoms. The van der Waals surface area contributed by atoms with Gasteiger partial charge in [-0.2, -0.15) is 0 Å². The second kappa shape index (κ2) is 9.00. The number of halogens is 1. The number of fused-ring (bicyclic) bond motifs is 1. The average Bonchev–Trinajstić information content (AvgIpc) is 3.20. The van der Waals surface area contributed by atoms with Crippen LogP contribution in [0.1, 0.15) is 5.56 Å². The van der Waals surface area contributed by atoms with E-state index < -0.39 is 0 Å². The summed E-state index contributed by atoms with van der Waals surface area (Å²) >= 11 is 6.81. The van der Waals surface area contributed by atoms with Gasteiger partial charge in [-0.05, 0) is 54.1 Å². The number of pyridine rings is 1. The Balaban J connectivity index is 1.55. The highest BCUT2D eigenvalue weighted by Gasteiger charge is 2.25. The highest BCUT2D eigenvalue weighted by atomic mass is 35.5. The third-order valence-corrected chi connectivity index (χ3v) is 7.34. The highest BCUT2D eigenvalue weighted by molar-refractivity contribution is 6.37. The van der Waals surface area contributed by atoms with Crippen molar-refractivity contribution >= 4 is 34.0 Å². The van der Waals surface area contributed by atoms with Crippen LogP contribution >= 0.6 is 11.6 Å². The van der Waals surface area contributed by atoms with Crippen LogP contribution in [0.3, 0.4) is 0 Å². The van der Waals surface area contributed by atoms with E-state index in [-0.39, 0.29) is 6.61 Å². The molecule has 1 aliphatic heterocycles. The molecule has 6 heteroatoms. The minimum atomic E-state index is 0.0165. The van der Waals surface area contributed by atoms with Crippen molar-refractivity contribution < 1.29 is 5.11 Å². The van der Waals surface area contributed by atoms with Gasteiger partial charge in [0.2, 0.25) is 0 Å². The van der Waals surface area contributed by atoms with Crippen LogP contribution in [0.4, 0.5) is 5.69 Å². The fraction of sp³-hybridized carbons (Fsp3) is 0.207. The summed E-state index contributed by atoms with van der Waals surface area (Å²) in [5.41, 5.74) is 8.33. The lowest BCUT2D eigenvalue weighted by Crippen LogP contribution is -2.44. The number of aromatic nitrogens is 2. The fourth-order valence-electron chi connectivity index (χ4n) is 4.97. The Labute approximate surface area is 210 Å². The maximum absolute atomic E-state index is 9.56. The zero-order chi connectivity index (χ0) is 23.9. The summed E-state index contributed by atoms with van der Waals surface area (Å²) in [6.07, 6.45) is 8.01. The Morgan fingerprint density at radius 3 is 2.23 bits per heavy atom. The molecule has 0 bridgehead atoms. The van der Waals surface area contributed by atoms with E-state index in [0.29, 0.717) is 5.02 Å². The highest BCUT2D eigenvalue weighted by Crippen LogP contribution is 2.45. The Hall–Kier alpha value is -3.38. The smallest absolute Gasteiger partial charge is 0.147 e. The molecule has 2 aromatic carbocycles. The number of nitrogens with zero attached hydrogens (tertiary/aromatic N) is 4. The van der Waals surface area contributed by atoms with Crippen molar-refractivity contribution in [2.45, 2.75) is 6.61 Å². The molecule has 4 aromatic rings. The summed E-state index contributed by atoms with van der Waals surface area (Å²) in [5.74, 6) is 0. The second-order valence-corrected chi connectivity index (χ2v) is 9.60. The van der Waals surface area contributed by atoms with Gasteiger partial charge in [0.1, 0.15) is 5.65 Å². The van der Waals surface area contributed by atoms with Gasteiger partial charge < -0.3 is 14.9 Å². The molecule has 0 amide bonds. The number of hydrogen-bond acceptors (Lipinski definition) is 4. The maximum atomic E-state index is 9.56. The van der Waals surface area contributed by atoms with Gasteiger partial charge in [0.25, 0.3) is 0 Å². The standard InChI is InChI=1S/C29H27ClN4O/c1-32-15-17-33(18-16-32)23-11-9-22(10-12-23)28-26(21-7-5-20(19-35)6-8-21)27-25(30)13-14-31-29(27)34(28)24-3-2-4-24/h2-14,35H,15-19H2,1H3. The van der Waals surface area contributed by atoms with Crippen LogP contribution in [0, 0.1) is 0 Å². The van der Waals surface area contributed by atoms with E-state index in [2.05, 4.69) is 70.0 Å². The van der Waals surface area contributed by atoms with Crippen LogP contribution in [0.25, 0.3) is 39.1 Å². The largest absolute Gasteiger partial charge is 0.392 e. The van der Waals surface area contributed by atoms with Gasteiger partial charge in [-0.25, -0.2) is 4.98 Å². The van der Waals surface area contributed by atoms with Gasteiger partial charge in [-0.3, -0.25) is 4.57 Å². The Morgan fingerprint density at radius 1 is 0.914 bits per heavy atom. The van der Waals surface area contributed by atoms with E-state index in [9.17, 15) is 5.11 Å². The number of likely N-dealkylation sites (N-methyl/N-ethyl adjacent to an activating group) is 1. The van der Waals surface area contributed by atoms with Crippen molar-refractivity contribution in [2.75, 3.05) is 38.1 Å². The van der Waals surface area contributed by atoms with E-state index in [1.54, 1.807) is 6.20 Å². The minimum absolute atomic E-state index is 0.0165. The van der Waals surface area contributed by atoms with Gasteiger partial charge in [0.15, 0.2) is 0 Å². The summed E-state index contributed by atoms with van der Waals surface area (Å²) in [5, 5.41) is 11.2. The van der Waals surface area contributed by atoms with Crippen LogP contribution in [0.2, 0.25) is 5.02 Å². The fourth-order valence-corrected chi connectivity index (χ4v) is 5.21. The molecule has 1 N–H and O–H groups in total. The molecule has 0 saturated carbocycles. The molecule has 1 saturated heterocycles. The van der Waals surface area contributed by atoms with Crippen molar-refractivity contribution in [3.63, 3.8) is 0 Å². The predicted octanol–water partition coefficient (Wildman–Crippen LogP) is 5.68. The Bertz CT molecular complexity index is 1440. The van der Waals surface area contributed by atoms with Gasteiger partial charge in [0.05, 0.1) is 17.3 Å². The third kappa shape index (κ3) is 3.86. The Morgan fingerprint density at radius 2 is 1.60 bits per heavy atom. The predicted molar refractivity (Wildman–Crippen MR) is 145 cm³/mol. The van der Waals surface area contributed by atoms with E-state index in [0.717, 1.165) is 70.9 Å². The first-order chi connectivity index (χ1) is 17.1. The minimum Gasteiger partial charge on any atom is -0.392 e. The van der Waals surface area contributed by atoms with E-state index >= 15 is 0 Å². The molecule has 176 valence electrons. The van der Waals surface area contributed by atoms with Crippen LogP contribution in [-0.4, -0.2) is 52.8 Å². The molecule has 1 aliphatic carbocycles. The van der Waals surface area contributed by atoms with Crippen LogP contribution < -0.4 is 4.90 Å². The number of rotatable bonds is 5. The molecule has 0 atom stereocenters. The molecule has 6 rings (SSSR count). The second-order valence-electron chi connectivity index (χ2n) is 9.19. The molecule has 2 aliphatic rings. The lowest BCUT2D eigenvalue weighted by Gasteiger charge is -2.34.